The third-order valence-electron chi connectivity index (χ3n) is 1.97. The maximum absolute atomic E-state index is 11.2. The van der Waals surface area contributed by atoms with Crippen molar-refractivity contribution in [2.75, 3.05) is 13.1 Å². The summed E-state index contributed by atoms with van der Waals surface area (Å²) in [6.45, 7) is 0.646. The number of nitrogens with zero attached hydrogens (tertiary/aromatic N) is 5. The van der Waals surface area contributed by atoms with E-state index in [-0.39, 0.29) is 6.54 Å². The van der Waals surface area contributed by atoms with E-state index in [9.17, 15) is 4.79 Å². The zero-order chi connectivity index (χ0) is 12.0. The zero-order valence-corrected chi connectivity index (χ0v) is 8.87. The van der Waals surface area contributed by atoms with E-state index < -0.39 is 11.9 Å². The number of hydrogen-bond donors (Lipinski definition) is 2. The predicted molar refractivity (Wildman–Crippen MR) is 57.2 cm³/mol. The summed E-state index contributed by atoms with van der Waals surface area (Å²) in [4.78, 5) is 13.8. The van der Waals surface area contributed by atoms with Gasteiger partial charge in [0.2, 0.25) is 5.91 Å². The molecule has 0 aliphatic rings. The van der Waals surface area contributed by atoms with Gasteiger partial charge < -0.3 is 11.1 Å². The first kappa shape index (κ1) is 12.0. The van der Waals surface area contributed by atoms with E-state index in [0.29, 0.717) is 12.1 Å². The number of carbonyl (C=O) groups is 1. The maximum Gasteiger partial charge on any atom is 0.239 e. The molecule has 1 aromatic rings. The molecule has 0 saturated carbocycles. The molecule has 0 spiro atoms. The highest BCUT2D eigenvalue weighted by Crippen LogP contribution is 2.10. The van der Waals surface area contributed by atoms with Crippen LogP contribution in [0, 0.1) is 0 Å². The Labute approximate surface area is 92.0 Å². The second kappa shape index (κ2) is 5.74. The first-order chi connectivity index (χ1) is 7.65. The van der Waals surface area contributed by atoms with Crippen LogP contribution in [0.5, 0.6) is 0 Å². The van der Waals surface area contributed by atoms with Crippen molar-refractivity contribution in [1.29, 1.82) is 0 Å². The minimum absolute atomic E-state index is 0.264. The molecule has 1 rings (SSSR count). The second-order valence-electron chi connectivity index (χ2n) is 3.19. The summed E-state index contributed by atoms with van der Waals surface area (Å²) in [6.07, 6.45) is 3.27. The lowest BCUT2D eigenvalue weighted by Gasteiger charge is -2.12. The van der Waals surface area contributed by atoms with Crippen molar-refractivity contribution in [3.8, 4) is 0 Å². The van der Waals surface area contributed by atoms with Crippen LogP contribution in [0.25, 0.3) is 10.4 Å². The first-order valence-electron chi connectivity index (χ1n) is 4.67. The standard InChI is InChI=1S/C8H13N7O/c1-15-5-6(4-13-15)7(8(9)16)11-2-3-12-14-10/h4-5,7,11H,2-3H2,1H3,(H2,9,16). The van der Waals surface area contributed by atoms with Gasteiger partial charge in [0, 0.05) is 36.8 Å². The Morgan fingerprint density at radius 1 is 1.88 bits per heavy atom. The minimum Gasteiger partial charge on any atom is -0.368 e. The van der Waals surface area contributed by atoms with Crippen molar-refractivity contribution >= 4 is 5.91 Å². The van der Waals surface area contributed by atoms with Crippen LogP contribution < -0.4 is 11.1 Å². The van der Waals surface area contributed by atoms with Gasteiger partial charge in [0.05, 0.1) is 6.20 Å². The van der Waals surface area contributed by atoms with E-state index in [2.05, 4.69) is 20.4 Å². The van der Waals surface area contributed by atoms with Crippen molar-refractivity contribution in [2.24, 2.45) is 17.9 Å². The normalized spacial score (nSPS) is 11.8. The van der Waals surface area contributed by atoms with E-state index in [0.717, 1.165) is 0 Å². The van der Waals surface area contributed by atoms with Gasteiger partial charge in [-0.2, -0.15) is 5.10 Å². The van der Waals surface area contributed by atoms with Gasteiger partial charge in [0.1, 0.15) is 6.04 Å². The van der Waals surface area contributed by atoms with Crippen LogP contribution in [-0.4, -0.2) is 28.8 Å². The fourth-order valence-corrected chi connectivity index (χ4v) is 1.28. The molecule has 1 heterocycles. The van der Waals surface area contributed by atoms with Crippen molar-refractivity contribution in [3.63, 3.8) is 0 Å². The van der Waals surface area contributed by atoms with Crippen molar-refractivity contribution in [1.82, 2.24) is 15.1 Å². The molecule has 16 heavy (non-hydrogen) atoms. The summed E-state index contributed by atoms with van der Waals surface area (Å²) >= 11 is 0. The number of hydrogen-bond acceptors (Lipinski definition) is 4. The van der Waals surface area contributed by atoms with Crippen LogP contribution in [-0.2, 0) is 11.8 Å². The van der Waals surface area contributed by atoms with E-state index in [1.807, 2.05) is 0 Å². The lowest BCUT2D eigenvalue weighted by Crippen LogP contribution is -2.34. The number of rotatable bonds is 6. The summed E-state index contributed by atoms with van der Waals surface area (Å²) < 4.78 is 1.58. The molecule has 8 nitrogen and oxygen atoms in total. The molecule has 0 aromatic carbocycles. The monoisotopic (exact) mass is 223 g/mol. The highest BCUT2D eigenvalue weighted by Gasteiger charge is 2.17. The number of nitrogens with two attached hydrogens (primary N) is 1. The molecular weight excluding hydrogens is 210 g/mol. The summed E-state index contributed by atoms with van der Waals surface area (Å²) in [5.41, 5.74) is 14.0. The van der Waals surface area contributed by atoms with Gasteiger partial charge in [-0.15, -0.1) is 0 Å². The number of aromatic nitrogens is 2. The van der Waals surface area contributed by atoms with Crippen LogP contribution in [0.4, 0.5) is 0 Å². The first-order valence-corrected chi connectivity index (χ1v) is 4.67. The van der Waals surface area contributed by atoms with E-state index in [1.165, 1.54) is 0 Å². The van der Waals surface area contributed by atoms with Gasteiger partial charge in [0.25, 0.3) is 0 Å². The van der Waals surface area contributed by atoms with E-state index >= 15 is 0 Å². The third kappa shape index (κ3) is 3.26. The lowest BCUT2D eigenvalue weighted by molar-refractivity contribution is -0.120. The average molecular weight is 223 g/mol. The molecule has 0 bridgehead atoms. The number of nitrogens with one attached hydrogen (secondary N) is 1. The molecule has 3 N–H and O–H groups in total. The summed E-state index contributed by atoms with van der Waals surface area (Å²) in [6, 6.07) is -0.609. The largest absolute Gasteiger partial charge is 0.368 e. The average Bonchev–Trinajstić information content (AvgIpc) is 2.64. The number of carbonyl (C=O) groups excluding carboxylic acids is 1. The summed E-state index contributed by atoms with van der Waals surface area (Å²) in [7, 11) is 1.75. The van der Waals surface area contributed by atoms with Gasteiger partial charge in [-0.1, -0.05) is 5.11 Å². The molecule has 0 saturated heterocycles. The highest BCUT2D eigenvalue weighted by molar-refractivity contribution is 5.81. The Morgan fingerprint density at radius 3 is 3.12 bits per heavy atom. The van der Waals surface area contributed by atoms with Crippen molar-refractivity contribution in [3.05, 3.63) is 28.4 Å². The molecule has 1 unspecified atom stereocenters. The van der Waals surface area contributed by atoms with E-state index in [1.54, 1.807) is 24.1 Å². The van der Waals surface area contributed by atoms with Crippen LogP contribution in [0.2, 0.25) is 0 Å². The van der Waals surface area contributed by atoms with Crippen molar-refractivity contribution in [2.45, 2.75) is 6.04 Å². The van der Waals surface area contributed by atoms with Crippen molar-refractivity contribution < 1.29 is 4.79 Å². The van der Waals surface area contributed by atoms with Gasteiger partial charge >= 0.3 is 0 Å². The number of amides is 1. The third-order valence-corrected chi connectivity index (χ3v) is 1.97. The molecule has 1 atom stereocenters. The Bertz CT molecular complexity index is 406. The quantitative estimate of drug-likeness (QED) is 0.301. The molecule has 0 fully saturated rings. The Morgan fingerprint density at radius 2 is 2.62 bits per heavy atom. The molecule has 0 aliphatic carbocycles. The molecule has 1 amide bonds. The van der Waals surface area contributed by atoms with Crippen LogP contribution >= 0.6 is 0 Å². The van der Waals surface area contributed by atoms with Gasteiger partial charge in [-0.25, -0.2) is 0 Å². The van der Waals surface area contributed by atoms with Crippen LogP contribution in [0.15, 0.2) is 17.5 Å². The summed E-state index contributed by atoms with van der Waals surface area (Å²) in [5.74, 6) is -0.492. The van der Waals surface area contributed by atoms with Gasteiger partial charge in [-0.3, -0.25) is 9.48 Å². The molecule has 0 radical (unpaired) electrons. The zero-order valence-electron chi connectivity index (χ0n) is 8.87. The van der Waals surface area contributed by atoms with E-state index in [4.69, 9.17) is 11.3 Å². The Kier molecular flexibility index (Phi) is 4.31. The Balaban J connectivity index is 2.61. The molecular formula is C8H13N7O. The van der Waals surface area contributed by atoms with Crippen LogP contribution in [0.3, 0.4) is 0 Å². The lowest BCUT2D eigenvalue weighted by atomic mass is 10.1. The molecule has 86 valence electrons. The number of aryl methyl sites for hydroxylation is 1. The topological polar surface area (TPSA) is 122 Å². The number of azide groups is 1. The molecule has 8 heteroatoms. The van der Waals surface area contributed by atoms with Crippen LogP contribution in [0.1, 0.15) is 11.6 Å². The molecule has 0 aliphatic heterocycles. The maximum atomic E-state index is 11.2. The fraction of sp³-hybridized carbons (Fsp3) is 0.500. The van der Waals surface area contributed by atoms with Gasteiger partial charge in [-0.05, 0) is 5.53 Å². The Hall–Kier alpha value is -2.05. The highest BCUT2D eigenvalue weighted by atomic mass is 16.1. The number of primary amides is 1. The second-order valence-corrected chi connectivity index (χ2v) is 3.19. The predicted octanol–water partition coefficient (Wildman–Crippen LogP) is -0.154. The smallest absolute Gasteiger partial charge is 0.239 e. The molecule has 1 aromatic heterocycles. The minimum atomic E-state index is -0.609. The SMILES string of the molecule is Cn1cc(C(NCCN=[N+]=[N-])C(N)=O)cn1. The fourth-order valence-electron chi connectivity index (χ4n) is 1.28. The van der Waals surface area contributed by atoms with Gasteiger partial charge in [0.15, 0.2) is 0 Å². The summed E-state index contributed by atoms with van der Waals surface area (Å²) in [5, 5.41) is 10.2.